The van der Waals surface area contributed by atoms with Gasteiger partial charge in [0.1, 0.15) is 0 Å². The molecule has 0 aliphatic heterocycles. The highest BCUT2D eigenvalue weighted by molar-refractivity contribution is 6.34. The Bertz CT molecular complexity index is 506. The number of nitrogens with zero attached hydrogens (tertiary/aromatic N) is 1. The summed E-state index contributed by atoms with van der Waals surface area (Å²) in [5.41, 5.74) is 1.54. The molecule has 21 heavy (non-hydrogen) atoms. The van der Waals surface area contributed by atoms with Crippen molar-refractivity contribution in [1.29, 1.82) is 0 Å². The van der Waals surface area contributed by atoms with Crippen LogP contribution in [0.4, 0.5) is 5.69 Å². The standard InChI is InChI=1S/C17H25ClN2O/c1-11-7-12(2)9-14(8-11)19-13-5-6-16(18)15(10-13)17(21)20(3)4/h5-6,10-12,14,19H,7-9H2,1-4H3. The molecule has 2 atom stereocenters. The molecule has 0 bridgehead atoms. The Morgan fingerprint density at radius 2 is 1.81 bits per heavy atom. The van der Waals surface area contributed by atoms with Gasteiger partial charge in [0, 0.05) is 25.8 Å². The van der Waals surface area contributed by atoms with E-state index in [4.69, 9.17) is 11.6 Å². The minimum Gasteiger partial charge on any atom is -0.382 e. The van der Waals surface area contributed by atoms with E-state index in [1.54, 1.807) is 25.1 Å². The fourth-order valence-electron chi connectivity index (χ4n) is 3.32. The van der Waals surface area contributed by atoms with Crippen LogP contribution in [0.2, 0.25) is 5.02 Å². The molecule has 1 aromatic carbocycles. The van der Waals surface area contributed by atoms with Gasteiger partial charge in [-0.25, -0.2) is 0 Å². The normalized spacial score (nSPS) is 25.5. The van der Waals surface area contributed by atoms with Crippen molar-refractivity contribution >= 4 is 23.2 Å². The molecule has 0 heterocycles. The third-order valence-corrected chi connectivity index (χ3v) is 4.48. The van der Waals surface area contributed by atoms with E-state index in [2.05, 4.69) is 19.2 Å². The minimum absolute atomic E-state index is 0.0611. The van der Waals surface area contributed by atoms with Gasteiger partial charge in [0.05, 0.1) is 10.6 Å². The number of hydrogen-bond acceptors (Lipinski definition) is 2. The molecule has 1 saturated carbocycles. The second-order valence-electron chi connectivity index (χ2n) is 6.65. The molecule has 1 aromatic rings. The Hall–Kier alpha value is -1.22. The number of halogens is 1. The van der Waals surface area contributed by atoms with Crippen LogP contribution in [0.3, 0.4) is 0 Å². The van der Waals surface area contributed by atoms with Gasteiger partial charge in [-0.05, 0) is 49.3 Å². The fraction of sp³-hybridized carbons (Fsp3) is 0.588. The summed E-state index contributed by atoms with van der Waals surface area (Å²) >= 11 is 6.15. The molecule has 0 radical (unpaired) electrons. The third-order valence-electron chi connectivity index (χ3n) is 4.15. The highest BCUT2D eigenvalue weighted by Crippen LogP contribution is 2.31. The molecule has 1 aliphatic carbocycles. The Balaban J connectivity index is 2.14. The highest BCUT2D eigenvalue weighted by atomic mass is 35.5. The van der Waals surface area contributed by atoms with Crippen LogP contribution >= 0.6 is 11.6 Å². The Kier molecular flexibility index (Phi) is 5.15. The first-order valence-corrected chi connectivity index (χ1v) is 8.02. The molecule has 116 valence electrons. The van der Waals surface area contributed by atoms with E-state index >= 15 is 0 Å². The summed E-state index contributed by atoms with van der Waals surface area (Å²) in [6.45, 7) is 4.63. The summed E-state index contributed by atoms with van der Waals surface area (Å²) in [5, 5.41) is 4.08. The number of carbonyl (C=O) groups excluding carboxylic acids is 1. The second kappa shape index (κ2) is 6.69. The van der Waals surface area contributed by atoms with E-state index in [0.29, 0.717) is 16.6 Å². The molecule has 0 aromatic heterocycles. The molecule has 2 unspecified atom stereocenters. The zero-order valence-electron chi connectivity index (χ0n) is 13.3. The first-order valence-electron chi connectivity index (χ1n) is 7.64. The first-order chi connectivity index (χ1) is 9.86. The maximum atomic E-state index is 12.1. The summed E-state index contributed by atoms with van der Waals surface area (Å²) in [6.07, 6.45) is 3.68. The van der Waals surface area contributed by atoms with Crippen molar-refractivity contribution in [3.63, 3.8) is 0 Å². The van der Waals surface area contributed by atoms with Crippen LogP contribution in [-0.2, 0) is 0 Å². The average Bonchev–Trinajstić information content (AvgIpc) is 2.39. The topological polar surface area (TPSA) is 32.3 Å². The van der Waals surface area contributed by atoms with Crippen LogP contribution in [0.1, 0.15) is 43.5 Å². The minimum atomic E-state index is -0.0611. The number of carbonyl (C=O) groups is 1. The van der Waals surface area contributed by atoms with Gasteiger partial charge in [-0.3, -0.25) is 4.79 Å². The van der Waals surface area contributed by atoms with E-state index in [0.717, 1.165) is 17.5 Å². The van der Waals surface area contributed by atoms with Crippen LogP contribution in [0.5, 0.6) is 0 Å². The fourth-order valence-corrected chi connectivity index (χ4v) is 3.52. The zero-order chi connectivity index (χ0) is 15.6. The van der Waals surface area contributed by atoms with E-state index in [9.17, 15) is 4.79 Å². The lowest BCUT2D eigenvalue weighted by molar-refractivity contribution is 0.0828. The average molecular weight is 309 g/mol. The number of nitrogens with one attached hydrogen (secondary N) is 1. The SMILES string of the molecule is CC1CC(C)CC(Nc2ccc(Cl)c(C(=O)N(C)C)c2)C1. The van der Waals surface area contributed by atoms with Gasteiger partial charge in [-0.1, -0.05) is 25.4 Å². The van der Waals surface area contributed by atoms with Crippen molar-refractivity contribution in [2.75, 3.05) is 19.4 Å². The van der Waals surface area contributed by atoms with Gasteiger partial charge >= 0.3 is 0 Å². The number of amides is 1. The number of hydrogen-bond donors (Lipinski definition) is 1. The first kappa shape index (κ1) is 16.2. The summed E-state index contributed by atoms with van der Waals surface area (Å²) in [4.78, 5) is 13.7. The van der Waals surface area contributed by atoms with Gasteiger partial charge in [0.15, 0.2) is 0 Å². The summed E-state index contributed by atoms with van der Waals surface area (Å²) in [7, 11) is 3.48. The number of anilines is 1. The quantitative estimate of drug-likeness (QED) is 0.904. The van der Waals surface area contributed by atoms with Crippen molar-refractivity contribution in [2.24, 2.45) is 11.8 Å². The lowest BCUT2D eigenvalue weighted by atomic mass is 9.80. The van der Waals surface area contributed by atoms with Crippen molar-refractivity contribution in [1.82, 2.24) is 4.90 Å². The smallest absolute Gasteiger partial charge is 0.254 e. The maximum absolute atomic E-state index is 12.1. The molecule has 3 nitrogen and oxygen atoms in total. The van der Waals surface area contributed by atoms with E-state index in [-0.39, 0.29) is 5.91 Å². The molecular weight excluding hydrogens is 284 g/mol. The molecule has 1 N–H and O–H groups in total. The predicted octanol–water partition coefficient (Wildman–Crippen LogP) is 4.28. The van der Waals surface area contributed by atoms with Gasteiger partial charge < -0.3 is 10.2 Å². The molecule has 0 spiro atoms. The molecular formula is C17H25ClN2O. The Morgan fingerprint density at radius 1 is 1.19 bits per heavy atom. The Labute approximate surface area is 132 Å². The van der Waals surface area contributed by atoms with Crippen molar-refractivity contribution < 1.29 is 4.79 Å². The molecule has 2 rings (SSSR count). The number of rotatable bonds is 3. The van der Waals surface area contributed by atoms with E-state index < -0.39 is 0 Å². The predicted molar refractivity (Wildman–Crippen MR) is 89.1 cm³/mol. The van der Waals surface area contributed by atoms with Crippen LogP contribution in [0.25, 0.3) is 0 Å². The third kappa shape index (κ3) is 4.13. The molecule has 0 saturated heterocycles. The summed E-state index contributed by atoms with van der Waals surface area (Å²) in [5.74, 6) is 1.44. The summed E-state index contributed by atoms with van der Waals surface area (Å²) in [6, 6.07) is 6.11. The van der Waals surface area contributed by atoms with Crippen molar-refractivity contribution in [2.45, 2.75) is 39.2 Å². The van der Waals surface area contributed by atoms with Crippen molar-refractivity contribution in [3.05, 3.63) is 28.8 Å². The van der Waals surface area contributed by atoms with Crippen LogP contribution < -0.4 is 5.32 Å². The lowest BCUT2D eigenvalue weighted by Crippen LogP contribution is -2.30. The van der Waals surface area contributed by atoms with E-state index in [1.807, 2.05) is 12.1 Å². The van der Waals surface area contributed by atoms with Crippen LogP contribution in [0, 0.1) is 11.8 Å². The largest absolute Gasteiger partial charge is 0.382 e. The van der Waals surface area contributed by atoms with E-state index in [1.165, 1.54) is 19.3 Å². The van der Waals surface area contributed by atoms with Crippen LogP contribution in [0.15, 0.2) is 18.2 Å². The lowest BCUT2D eigenvalue weighted by Gasteiger charge is -2.32. The monoisotopic (exact) mass is 308 g/mol. The van der Waals surface area contributed by atoms with Crippen LogP contribution in [-0.4, -0.2) is 30.9 Å². The van der Waals surface area contributed by atoms with Gasteiger partial charge in [0.2, 0.25) is 0 Å². The second-order valence-corrected chi connectivity index (χ2v) is 7.06. The van der Waals surface area contributed by atoms with Gasteiger partial charge in [-0.15, -0.1) is 0 Å². The molecule has 4 heteroatoms. The van der Waals surface area contributed by atoms with Gasteiger partial charge in [-0.2, -0.15) is 0 Å². The summed E-state index contributed by atoms with van der Waals surface area (Å²) < 4.78 is 0. The molecule has 1 fully saturated rings. The molecule has 1 amide bonds. The highest BCUT2D eigenvalue weighted by Gasteiger charge is 2.24. The number of benzene rings is 1. The zero-order valence-corrected chi connectivity index (χ0v) is 14.1. The van der Waals surface area contributed by atoms with Gasteiger partial charge in [0.25, 0.3) is 5.91 Å². The maximum Gasteiger partial charge on any atom is 0.254 e. The Morgan fingerprint density at radius 3 is 2.38 bits per heavy atom. The molecule has 1 aliphatic rings. The van der Waals surface area contributed by atoms with Crippen molar-refractivity contribution in [3.8, 4) is 0 Å².